The molecule has 6 nitrogen and oxygen atoms in total. The molecule has 1 aromatic carbocycles. The number of benzene rings is 1. The first-order valence-electron chi connectivity index (χ1n) is 8.37. The maximum Gasteiger partial charge on any atom is 0.252 e. The normalized spacial score (nSPS) is 12.3. The minimum absolute atomic E-state index is 0.0738. The van der Waals surface area contributed by atoms with E-state index in [1.165, 1.54) is 12.4 Å². The van der Waals surface area contributed by atoms with E-state index in [0.717, 1.165) is 5.56 Å². The lowest BCUT2D eigenvalue weighted by Gasteiger charge is -2.19. The van der Waals surface area contributed by atoms with Crippen molar-refractivity contribution in [3.8, 4) is 0 Å². The van der Waals surface area contributed by atoms with Gasteiger partial charge in [-0.15, -0.1) is 0 Å². The fraction of sp³-hybridized carbons (Fsp3) is 0.150. The van der Waals surface area contributed by atoms with Crippen molar-refractivity contribution >= 4 is 15.7 Å². The molecule has 3 rings (SSSR count). The van der Waals surface area contributed by atoms with Crippen LogP contribution in [-0.4, -0.2) is 30.8 Å². The van der Waals surface area contributed by atoms with Crippen molar-refractivity contribution < 1.29 is 13.2 Å². The Morgan fingerprint density at radius 1 is 1.00 bits per heavy atom. The van der Waals surface area contributed by atoms with E-state index < -0.39 is 15.1 Å². The molecule has 0 unspecified atom stereocenters. The molecule has 3 aromatic rings. The summed E-state index contributed by atoms with van der Waals surface area (Å²) in [5.74, 6) is -0.379. The lowest BCUT2D eigenvalue weighted by Crippen LogP contribution is -2.32. The third-order valence-electron chi connectivity index (χ3n) is 4.15. The van der Waals surface area contributed by atoms with Crippen LogP contribution in [-0.2, 0) is 9.84 Å². The van der Waals surface area contributed by atoms with Gasteiger partial charge in [0.25, 0.3) is 5.91 Å². The summed E-state index contributed by atoms with van der Waals surface area (Å²) in [5.41, 5.74) is 1.86. The van der Waals surface area contributed by atoms with Gasteiger partial charge in [-0.2, -0.15) is 0 Å². The summed E-state index contributed by atoms with van der Waals surface area (Å²) in [7, 11) is -3.72. The van der Waals surface area contributed by atoms with Crippen LogP contribution < -0.4 is 5.32 Å². The van der Waals surface area contributed by atoms with E-state index in [1.54, 1.807) is 60.9 Å². The minimum atomic E-state index is -3.72. The van der Waals surface area contributed by atoms with E-state index >= 15 is 0 Å². The SMILES string of the molecule is Cc1ccc(S(=O)(=O)[C@@H](CNC(=O)c2cccnc2)c2cccnc2)cc1. The van der Waals surface area contributed by atoms with Crippen LogP contribution in [0.2, 0.25) is 0 Å². The molecule has 138 valence electrons. The third kappa shape index (κ3) is 4.38. The highest BCUT2D eigenvalue weighted by Crippen LogP contribution is 2.28. The number of sulfone groups is 1. The van der Waals surface area contributed by atoms with Gasteiger partial charge in [0, 0.05) is 31.3 Å². The Balaban J connectivity index is 1.90. The van der Waals surface area contributed by atoms with Gasteiger partial charge < -0.3 is 5.32 Å². The van der Waals surface area contributed by atoms with Gasteiger partial charge in [-0.25, -0.2) is 8.42 Å². The quantitative estimate of drug-likeness (QED) is 0.709. The number of hydrogen-bond acceptors (Lipinski definition) is 5. The van der Waals surface area contributed by atoms with Crippen molar-refractivity contribution in [2.45, 2.75) is 17.1 Å². The Morgan fingerprint density at radius 3 is 2.26 bits per heavy atom. The van der Waals surface area contributed by atoms with Crippen LogP contribution in [0.25, 0.3) is 0 Å². The van der Waals surface area contributed by atoms with Gasteiger partial charge in [0.15, 0.2) is 9.84 Å². The van der Waals surface area contributed by atoms with E-state index in [-0.39, 0.29) is 17.3 Å². The van der Waals surface area contributed by atoms with Crippen LogP contribution in [0.5, 0.6) is 0 Å². The van der Waals surface area contributed by atoms with Crippen molar-refractivity contribution in [2.24, 2.45) is 0 Å². The first-order chi connectivity index (χ1) is 13.0. The summed E-state index contributed by atoms with van der Waals surface area (Å²) in [6.45, 7) is 1.82. The summed E-state index contributed by atoms with van der Waals surface area (Å²) in [6, 6.07) is 13.3. The second-order valence-corrected chi connectivity index (χ2v) is 8.22. The average molecular weight is 381 g/mol. The molecule has 7 heteroatoms. The Labute approximate surface area is 158 Å². The molecule has 1 amide bonds. The molecule has 0 spiro atoms. The number of aromatic nitrogens is 2. The number of hydrogen-bond donors (Lipinski definition) is 1. The molecule has 27 heavy (non-hydrogen) atoms. The summed E-state index contributed by atoms with van der Waals surface area (Å²) in [6.07, 6.45) is 6.08. The fourth-order valence-corrected chi connectivity index (χ4v) is 4.29. The number of rotatable bonds is 6. The van der Waals surface area contributed by atoms with Gasteiger partial charge in [-0.05, 0) is 42.8 Å². The van der Waals surface area contributed by atoms with Crippen molar-refractivity contribution in [1.82, 2.24) is 15.3 Å². The molecule has 0 fully saturated rings. The van der Waals surface area contributed by atoms with Gasteiger partial charge >= 0.3 is 0 Å². The fourth-order valence-electron chi connectivity index (χ4n) is 2.65. The number of aryl methyl sites for hydroxylation is 1. The zero-order valence-electron chi connectivity index (χ0n) is 14.7. The number of pyridine rings is 2. The molecule has 1 atom stereocenters. The zero-order chi connectivity index (χ0) is 19.3. The van der Waals surface area contributed by atoms with Gasteiger partial charge in [0.2, 0.25) is 0 Å². The molecule has 0 radical (unpaired) electrons. The topological polar surface area (TPSA) is 89.0 Å². The van der Waals surface area contributed by atoms with Crippen LogP contribution in [0.1, 0.15) is 26.7 Å². The van der Waals surface area contributed by atoms with E-state index in [9.17, 15) is 13.2 Å². The van der Waals surface area contributed by atoms with Crippen molar-refractivity contribution in [2.75, 3.05) is 6.54 Å². The predicted octanol–water partition coefficient (Wildman–Crippen LogP) is 2.73. The van der Waals surface area contributed by atoms with E-state index in [2.05, 4.69) is 15.3 Å². The first-order valence-corrected chi connectivity index (χ1v) is 9.92. The lowest BCUT2D eigenvalue weighted by atomic mass is 10.2. The van der Waals surface area contributed by atoms with Crippen molar-refractivity contribution in [3.05, 3.63) is 90.0 Å². The van der Waals surface area contributed by atoms with E-state index in [4.69, 9.17) is 0 Å². The number of nitrogens with one attached hydrogen (secondary N) is 1. The maximum absolute atomic E-state index is 13.2. The maximum atomic E-state index is 13.2. The molecule has 2 heterocycles. The van der Waals surface area contributed by atoms with Gasteiger partial charge in [-0.3, -0.25) is 14.8 Å². The highest BCUT2D eigenvalue weighted by Gasteiger charge is 2.30. The van der Waals surface area contributed by atoms with Crippen LogP contribution in [0.4, 0.5) is 0 Å². The molecule has 0 aliphatic heterocycles. The summed E-state index contributed by atoms with van der Waals surface area (Å²) in [5, 5.41) is 1.75. The molecule has 0 saturated carbocycles. The largest absolute Gasteiger partial charge is 0.350 e. The van der Waals surface area contributed by atoms with Gasteiger partial charge in [-0.1, -0.05) is 23.8 Å². The second-order valence-electron chi connectivity index (χ2n) is 6.08. The van der Waals surface area contributed by atoms with Crippen molar-refractivity contribution in [3.63, 3.8) is 0 Å². The van der Waals surface area contributed by atoms with Crippen LogP contribution in [0.3, 0.4) is 0 Å². The Kier molecular flexibility index (Phi) is 5.61. The van der Waals surface area contributed by atoms with E-state index in [0.29, 0.717) is 11.1 Å². The zero-order valence-corrected chi connectivity index (χ0v) is 15.6. The molecular formula is C20H19N3O3S. The molecule has 0 aliphatic carbocycles. The lowest BCUT2D eigenvalue weighted by molar-refractivity contribution is 0.0953. The highest BCUT2D eigenvalue weighted by atomic mass is 32.2. The summed E-state index contributed by atoms with van der Waals surface area (Å²) < 4.78 is 26.4. The van der Waals surface area contributed by atoms with Crippen molar-refractivity contribution in [1.29, 1.82) is 0 Å². The monoisotopic (exact) mass is 381 g/mol. The predicted molar refractivity (Wildman–Crippen MR) is 102 cm³/mol. The smallest absolute Gasteiger partial charge is 0.252 e. The minimum Gasteiger partial charge on any atom is -0.350 e. The van der Waals surface area contributed by atoms with Gasteiger partial charge in [0.05, 0.1) is 10.5 Å². The standard InChI is InChI=1S/C20H19N3O3S/c1-15-6-8-18(9-7-15)27(25,26)19(16-4-2-10-21-12-16)14-23-20(24)17-5-3-11-22-13-17/h2-13,19H,14H2,1H3,(H,23,24)/t19-/m0/s1. The van der Waals surface area contributed by atoms with Crippen LogP contribution >= 0.6 is 0 Å². The van der Waals surface area contributed by atoms with E-state index in [1.807, 2.05) is 6.92 Å². The first kappa shape index (κ1) is 18.7. The average Bonchev–Trinajstić information content (AvgIpc) is 2.69. The molecule has 0 bridgehead atoms. The van der Waals surface area contributed by atoms with Crippen LogP contribution in [0.15, 0.2) is 78.2 Å². The molecule has 0 saturated heterocycles. The number of carbonyl (C=O) groups is 1. The van der Waals surface area contributed by atoms with Crippen LogP contribution in [0, 0.1) is 6.92 Å². The summed E-state index contributed by atoms with van der Waals surface area (Å²) in [4.78, 5) is 20.5. The Hall–Kier alpha value is -3.06. The number of nitrogens with zero attached hydrogens (tertiary/aromatic N) is 2. The third-order valence-corrected chi connectivity index (χ3v) is 6.27. The molecule has 0 aliphatic rings. The summed E-state index contributed by atoms with van der Waals surface area (Å²) >= 11 is 0. The second kappa shape index (κ2) is 8.09. The Bertz CT molecular complexity index is 1010. The molecule has 2 aromatic heterocycles. The highest BCUT2D eigenvalue weighted by molar-refractivity contribution is 7.91. The number of carbonyl (C=O) groups excluding carboxylic acids is 1. The molecule has 1 N–H and O–H groups in total. The van der Waals surface area contributed by atoms with Gasteiger partial charge in [0.1, 0.15) is 5.25 Å². The number of amides is 1. The molecular weight excluding hydrogens is 362 g/mol. The Morgan fingerprint density at radius 2 is 1.67 bits per heavy atom.